The number of ether oxygens (including phenoxy) is 1. The topological polar surface area (TPSA) is 69.7 Å². The first-order chi connectivity index (χ1) is 8.15. The van der Waals surface area contributed by atoms with Gasteiger partial charge in [0.25, 0.3) is 0 Å². The molecule has 9 heteroatoms. The Bertz CT molecular complexity index is 363. The Hall–Kier alpha value is -0.830. The largest absolute Gasteiger partial charge is 0.523 e. The van der Waals surface area contributed by atoms with Gasteiger partial charge in [0.1, 0.15) is 0 Å². The van der Waals surface area contributed by atoms with E-state index < -0.39 is 27.7 Å². The molecule has 0 aromatic rings. The molecule has 0 radical (unpaired) electrons. The van der Waals surface area contributed by atoms with Crippen LogP contribution in [0, 0.1) is 0 Å². The molecule has 5 nitrogen and oxygen atoms in total. The fraction of sp³-hybridized carbons (Fsp3) is 0.889. The first-order valence-corrected chi connectivity index (χ1v) is 6.72. The minimum absolute atomic E-state index is 0.0151. The number of hydrogen-bond donors (Lipinski definition) is 0. The van der Waals surface area contributed by atoms with Gasteiger partial charge in [-0.1, -0.05) is 20.3 Å². The Morgan fingerprint density at radius 2 is 1.83 bits per heavy atom. The summed E-state index contributed by atoms with van der Waals surface area (Å²) in [4.78, 5) is 11.3. The highest BCUT2D eigenvalue weighted by Gasteiger charge is 2.49. The molecule has 0 saturated heterocycles. The van der Waals surface area contributed by atoms with Crippen molar-refractivity contribution >= 4 is 16.1 Å². The zero-order valence-electron chi connectivity index (χ0n) is 9.99. The Balaban J connectivity index is 4.57. The van der Waals surface area contributed by atoms with Gasteiger partial charge in [0, 0.05) is 0 Å². The number of hydrogen-bond acceptors (Lipinski definition) is 5. The zero-order valence-corrected chi connectivity index (χ0v) is 10.8. The second-order valence-corrected chi connectivity index (χ2v) is 4.98. The second kappa shape index (κ2) is 6.93. The molecule has 108 valence electrons. The van der Waals surface area contributed by atoms with Gasteiger partial charge in [-0.3, -0.25) is 0 Å². The van der Waals surface area contributed by atoms with Gasteiger partial charge in [-0.05, 0) is 12.8 Å². The SMILES string of the molecule is CCCCOC(=O)C(CC)OS(=O)(=O)C(F)(F)F. The summed E-state index contributed by atoms with van der Waals surface area (Å²) in [6.07, 6.45) is -0.742. The maximum Gasteiger partial charge on any atom is 0.523 e. The Labute approximate surface area is 103 Å². The first-order valence-electron chi connectivity index (χ1n) is 5.31. The van der Waals surface area contributed by atoms with Crippen LogP contribution in [0.5, 0.6) is 0 Å². The molecule has 0 aliphatic rings. The zero-order chi connectivity index (χ0) is 14.4. The summed E-state index contributed by atoms with van der Waals surface area (Å²) in [5.74, 6) is -1.11. The van der Waals surface area contributed by atoms with Gasteiger partial charge in [-0.15, -0.1) is 0 Å². The van der Waals surface area contributed by atoms with Gasteiger partial charge in [-0.2, -0.15) is 21.6 Å². The van der Waals surface area contributed by atoms with Crippen molar-refractivity contribution in [3.05, 3.63) is 0 Å². The van der Waals surface area contributed by atoms with Crippen LogP contribution >= 0.6 is 0 Å². The quantitative estimate of drug-likeness (QED) is 0.310. The van der Waals surface area contributed by atoms with Crippen molar-refractivity contribution in [2.24, 2.45) is 0 Å². The lowest BCUT2D eigenvalue weighted by Crippen LogP contribution is -2.34. The van der Waals surface area contributed by atoms with Gasteiger partial charge in [0.05, 0.1) is 6.61 Å². The molecular formula is C9H15F3O5S. The van der Waals surface area contributed by atoms with E-state index in [-0.39, 0.29) is 13.0 Å². The maximum atomic E-state index is 12.0. The van der Waals surface area contributed by atoms with Gasteiger partial charge < -0.3 is 4.74 Å². The smallest absolute Gasteiger partial charge is 0.464 e. The molecule has 0 rings (SSSR count). The normalized spacial score (nSPS) is 14.3. The van der Waals surface area contributed by atoms with Crippen LogP contribution in [-0.4, -0.2) is 32.6 Å². The third-order valence-electron chi connectivity index (χ3n) is 1.90. The number of esters is 1. The fourth-order valence-electron chi connectivity index (χ4n) is 0.892. The minimum Gasteiger partial charge on any atom is -0.464 e. The summed E-state index contributed by atoms with van der Waals surface area (Å²) in [5.41, 5.74) is -5.55. The predicted octanol–water partition coefficient (Wildman–Crippen LogP) is 1.97. The van der Waals surface area contributed by atoms with Crippen molar-refractivity contribution in [1.29, 1.82) is 0 Å². The summed E-state index contributed by atoms with van der Waals surface area (Å²) >= 11 is 0. The van der Waals surface area contributed by atoms with Crippen LogP contribution in [0.3, 0.4) is 0 Å². The molecule has 0 fully saturated rings. The number of carbonyl (C=O) groups is 1. The van der Waals surface area contributed by atoms with E-state index in [1.807, 2.05) is 6.92 Å². The van der Waals surface area contributed by atoms with Gasteiger partial charge >= 0.3 is 21.6 Å². The van der Waals surface area contributed by atoms with Crippen LogP contribution < -0.4 is 0 Å². The molecule has 0 aromatic carbocycles. The lowest BCUT2D eigenvalue weighted by Gasteiger charge is -2.15. The third-order valence-corrected chi connectivity index (χ3v) is 2.95. The fourth-order valence-corrected chi connectivity index (χ4v) is 1.52. The van der Waals surface area contributed by atoms with E-state index in [9.17, 15) is 26.4 Å². The first kappa shape index (κ1) is 17.2. The van der Waals surface area contributed by atoms with Crippen LogP contribution in [0.1, 0.15) is 33.1 Å². The van der Waals surface area contributed by atoms with E-state index in [1.165, 1.54) is 6.92 Å². The minimum atomic E-state index is -5.79. The molecule has 18 heavy (non-hydrogen) atoms. The summed E-state index contributed by atoms with van der Waals surface area (Å²) < 4.78 is 65.9. The molecule has 0 heterocycles. The molecule has 0 aliphatic heterocycles. The summed E-state index contributed by atoms with van der Waals surface area (Å²) in [5, 5.41) is 0. The maximum absolute atomic E-state index is 12.0. The lowest BCUT2D eigenvalue weighted by atomic mass is 10.3. The molecule has 0 spiro atoms. The lowest BCUT2D eigenvalue weighted by molar-refractivity contribution is -0.152. The van der Waals surface area contributed by atoms with Crippen molar-refractivity contribution in [3.8, 4) is 0 Å². The number of carbonyl (C=O) groups excluding carboxylic acids is 1. The van der Waals surface area contributed by atoms with Crippen LogP contribution in [0.2, 0.25) is 0 Å². The summed E-state index contributed by atoms with van der Waals surface area (Å²) in [6, 6.07) is 0. The van der Waals surface area contributed by atoms with Crippen molar-refractivity contribution in [2.45, 2.75) is 44.7 Å². The third kappa shape index (κ3) is 5.21. The number of rotatable bonds is 7. The van der Waals surface area contributed by atoms with Gasteiger partial charge in [0.2, 0.25) is 0 Å². The van der Waals surface area contributed by atoms with E-state index in [0.29, 0.717) is 6.42 Å². The Morgan fingerprint density at radius 3 is 2.22 bits per heavy atom. The molecule has 0 N–H and O–H groups in total. The highest BCUT2D eigenvalue weighted by atomic mass is 32.2. The second-order valence-electron chi connectivity index (χ2n) is 3.41. The van der Waals surface area contributed by atoms with E-state index in [4.69, 9.17) is 0 Å². The number of alkyl halides is 3. The molecule has 1 atom stereocenters. The van der Waals surface area contributed by atoms with E-state index in [1.54, 1.807) is 0 Å². The molecule has 1 unspecified atom stereocenters. The highest BCUT2D eigenvalue weighted by Crippen LogP contribution is 2.26. The molecule has 0 aromatic heterocycles. The van der Waals surface area contributed by atoms with Crippen LogP contribution in [0.4, 0.5) is 13.2 Å². The standard InChI is InChI=1S/C9H15F3O5S/c1-3-5-6-16-8(13)7(4-2)17-18(14,15)9(10,11)12/h7H,3-6H2,1-2H3. The Morgan fingerprint density at radius 1 is 1.28 bits per heavy atom. The molecule has 0 bridgehead atoms. The van der Waals surface area contributed by atoms with Crippen LogP contribution in [0.15, 0.2) is 0 Å². The monoisotopic (exact) mass is 292 g/mol. The van der Waals surface area contributed by atoms with Crippen molar-refractivity contribution in [2.75, 3.05) is 6.61 Å². The molecule has 0 aliphatic carbocycles. The van der Waals surface area contributed by atoms with Crippen LogP contribution in [0.25, 0.3) is 0 Å². The van der Waals surface area contributed by atoms with Crippen molar-refractivity contribution < 1.29 is 35.3 Å². The van der Waals surface area contributed by atoms with Crippen molar-refractivity contribution in [1.82, 2.24) is 0 Å². The van der Waals surface area contributed by atoms with Crippen molar-refractivity contribution in [3.63, 3.8) is 0 Å². The van der Waals surface area contributed by atoms with Gasteiger partial charge in [-0.25, -0.2) is 8.98 Å². The predicted molar refractivity (Wildman–Crippen MR) is 56.0 cm³/mol. The number of unbranched alkanes of at least 4 members (excludes halogenated alkanes) is 1. The van der Waals surface area contributed by atoms with E-state index in [0.717, 1.165) is 6.42 Å². The highest BCUT2D eigenvalue weighted by molar-refractivity contribution is 7.87. The van der Waals surface area contributed by atoms with Gasteiger partial charge in [0.15, 0.2) is 6.10 Å². The molecule has 0 amide bonds. The van der Waals surface area contributed by atoms with E-state index in [2.05, 4.69) is 8.92 Å². The average Bonchev–Trinajstić information content (AvgIpc) is 2.24. The molecular weight excluding hydrogens is 277 g/mol. The number of halogens is 3. The Kier molecular flexibility index (Phi) is 6.61. The van der Waals surface area contributed by atoms with Crippen LogP contribution in [-0.2, 0) is 23.8 Å². The summed E-state index contributed by atoms with van der Waals surface area (Å²) in [6.45, 7) is 3.16. The van der Waals surface area contributed by atoms with E-state index >= 15 is 0 Å². The average molecular weight is 292 g/mol. The summed E-state index contributed by atoms with van der Waals surface area (Å²) in [7, 11) is -5.79. The molecule has 0 saturated carbocycles.